The molecule has 1 atom stereocenters. The molecule has 1 aliphatic heterocycles. The molecular formula is C18H26N4O. The molecule has 5 nitrogen and oxygen atoms in total. The third-order valence-electron chi connectivity index (χ3n) is 4.76. The van der Waals surface area contributed by atoms with Gasteiger partial charge in [-0.05, 0) is 32.4 Å². The third-order valence-corrected chi connectivity index (χ3v) is 4.76. The van der Waals surface area contributed by atoms with Gasteiger partial charge in [-0.3, -0.25) is 4.79 Å². The molecule has 3 rings (SSSR count). The van der Waals surface area contributed by atoms with Gasteiger partial charge in [0.25, 0.3) is 0 Å². The maximum absolute atomic E-state index is 12.3. The zero-order chi connectivity index (χ0) is 16.1. The summed E-state index contributed by atoms with van der Waals surface area (Å²) >= 11 is 0. The Labute approximate surface area is 138 Å². The van der Waals surface area contributed by atoms with Gasteiger partial charge in [0.05, 0.1) is 0 Å². The van der Waals surface area contributed by atoms with Crippen LogP contribution in [-0.2, 0) is 11.3 Å². The molecule has 23 heavy (non-hydrogen) atoms. The highest BCUT2D eigenvalue weighted by atomic mass is 16.1. The summed E-state index contributed by atoms with van der Waals surface area (Å²) < 4.78 is 0. The van der Waals surface area contributed by atoms with Crippen molar-refractivity contribution in [3.63, 3.8) is 0 Å². The van der Waals surface area contributed by atoms with Crippen LogP contribution in [0.15, 0.2) is 30.5 Å². The van der Waals surface area contributed by atoms with Crippen LogP contribution in [0.1, 0.15) is 24.8 Å². The average Bonchev–Trinajstić information content (AvgIpc) is 2.61. The minimum atomic E-state index is 0.128. The molecule has 1 N–H and O–H groups in total. The van der Waals surface area contributed by atoms with Crippen molar-refractivity contribution in [1.82, 2.24) is 15.2 Å². The number of rotatable bonds is 4. The van der Waals surface area contributed by atoms with Crippen molar-refractivity contribution in [3.8, 4) is 0 Å². The van der Waals surface area contributed by atoms with Crippen LogP contribution >= 0.6 is 0 Å². The van der Waals surface area contributed by atoms with E-state index in [2.05, 4.69) is 45.4 Å². The van der Waals surface area contributed by atoms with Crippen molar-refractivity contribution in [2.45, 2.75) is 25.8 Å². The monoisotopic (exact) mass is 314 g/mol. The van der Waals surface area contributed by atoms with E-state index in [1.807, 2.05) is 12.3 Å². The Morgan fingerprint density at radius 3 is 2.87 bits per heavy atom. The second-order valence-electron chi connectivity index (χ2n) is 6.48. The number of likely N-dealkylation sites (N-methyl/N-ethyl adjacent to an activating group) is 1. The Bertz CT molecular complexity index is 564. The van der Waals surface area contributed by atoms with E-state index in [9.17, 15) is 4.79 Å². The lowest BCUT2D eigenvalue weighted by Gasteiger charge is -2.34. The van der Waals surface area contributed by atoms with E-state index < -0.39 is 0 Å². The summed E-state index contributed by atoms with van der Waals surface area (Å²) in [5.74, 6) is 1.32. The average molecular weight is 314 g/mol. The molecule has 0 unspecified atom stereocenters. The van der Waals surface area contributed by atoms with E-state index in [1.54, 1.807) is 0 Å². The first kappa shape index (κ1) is 16.0. The summed E-state index contributed by atoms with van der Waals surface area (Å²) in [5.41, 5.74) is 1.11. The molecule has 1 saturated heterocycles. The Hall–Kier alpha value is -1.88. The first-order valence-corrected chi connectivity index (χ1v) is 8.54. The zero-order valence-electron chi connectivity index (χ0n) is 13.9. The van der Waals surface area contributed by atoms with E-state index in [1.165, 1.54) is 0 Å². The Balaban J connectivity index is 1.61. The van der Waals surface area contributed by atoms with Crippen LogP contribution in [0.4, 0.5) is 5.82 Å². The molecule has 0 saturated carbocycles. The fourth-order valence-corrected chi connectivity index (χ4v) is 3.23. The van der Waals surface area contributed by atoms with E-state index in [-0.39, 0.29) is 11.8 Å². The minimum Gasteiger partial charge on any atom is -0.354 e. The molecule has 2 heterocycles. The second kappa shape index (κ2) is 7.59. The second-order valence-corrected chi connectivity index (χ2v) is 6.48. The van der Waals surface area contributed by atoms with Gasteiger partial charge in [-0.25, -0.2) is 4.98 Å². The summed E-state index contributed by atoms with van der Waals surface area (Å²) in [7, 11) is 2.15. The predicted octanol–water partition coefficient (Wildman–Crippen LogP) is 1.81. The molecule has 0 radical (unpaired) electrons. The normalized spacial score (nSPS) is 22.1. The molecule has 1 amide bonds. The summed E-state index contributed by atoms with van der Waals surface area (Å²) in [5, 5.41) is 3.11. The van der Waals surface area contributed by atoms with E-state index in [0.29, 0.717) is 6.54 Å². The van der Waals surface area contributed by atoms with Crippen LogP contribution in [0.3, 0.4) is 0 Å². The van der Waals surface area contributed by atoms with Crippen molar-refractivity contribution in [2.75, 3.05) is 38.1 Å². The molecule has 0 spiro atoms. The number of hydrogen-bond acceptors (Lipinski definition) is 4. The number of carbonyl (C=O) groups excluding carboxylic acids is 1. The van der Waals surface area contributed by atoms with Crippen LogP contribution < -0.4 is 10.2 Å². The van der Waals surface area contributed by atoms with Crippen LogP contribution in [-0.4, -0.2) is 49.0 Å². The molecule has 1 fully saturated rings. The lowest BCUT2D eigenvalue weighted by atomic mass is 9.93. The minimum absolute atomic E-state index is 0.128. The molecule has 2 aliphatic rings. The van der Waals surface area contributed by atoms with Crippen LogP contribution in [0.5, 0.6) is 0 Å². The Morgan fingerprint density at radius 2 is 2.13 bits per heavy atom. The summed E-state index contributed by atoms with van der Waals surface area (Å²) in [6, 6.07) is 4.02. The highest BCUT2D eigenvalue weighted by molar-refractivity contribution is 5.79. The Kier molecular flexibility index (Phi) is 5.28. The number of anilines is 1. The number of hydrogen-bond donors (Lipinski definition) is 1. The van der Waals surface area contributed by atoms with Gasteiger partial charge in [-0.1, -0.05) is 18.2 Å². The number of aromatic nitrogens is 1. The summed E-state index contributed by atoms with van der Waals surface area (Å²) in [4.78, 5) is 21.5. The first-order chi connectivity index (χ1) is 11.2. The number of nitrogens with one attached hydrogen (secondary N) is 1. The topological polar surface area (TPSA) is 48.5 Å². The zero-order valence-corrected chi connectivity index (χ0v) is 13.9. The molecule has 1 aliphatic carbocycles. The van der Waals surface area contributed by atoms with Gasteiger partial charge in [0.2, 0.25) is 5.91 Å². The molecular weight excluding hydrogens is 288 g/mol. The van der Waals surface area contributed by atoms with Gasteiger partial charge < -0.3 is 15.1 Å². The number of nitrogens with zero attached hydrogens (tertiary/aromatic N) is 3. The molecule has 1 aromatic rings. The van der Waals surface area contributed by atoms with Gasteiger partial charge in [-0.2, -0.15) is 0 Å². The van der Waals surface area contributed by atoms with Gasteiger partial charge in [0.1, 0.15) is 5.82 Å². The predicted molar refractivity (Wildman–Crippen MR) is 92.3 cm³/mol. The van der Waals surface area contributed by atoms with Crippen LogP contribution in [0.2, 0.25) is 0 Å². The van der Waals surface area contributed by atoms with Gasteiger partial charge in [0.15, 0.2) is 0 Å². The van der Waals surface area contributed by atoms with Crippen molar-refractivity contribution in [1.29, 1.82) is 0 Å². The number of amides is 1. The molecule has 0 aromatic carbocycles. The van der Waals surface area contributed by atoms with Gasteiger partial charge in [0, 0.05) is 50.4 Å². The smallest absolute Gasteiger partial charge is 0.223 e. The van der Waals surface area contributed by atoms with Gasteiger partial charge in [-0.15, -0.1) is 0 Å². The highest BCUT2D eigenvalue weighted by Crippen LogP contribution is 2.20. The molecule has 1 aromatic heterocycles. The van der Waals surface area contributed by atoms with Crippen molar-refractivity contribution < 1.29 is 4.79 Å². The largest absolute Gasteiger partial charge is 0.354 e. The quantitative estimate of drug-likeness (QED) is 0.861. The highest BCUT2D eigenvalue weighted by Gasteiger charge is 2.20. The maximum atomic E-state index is 12.3. The lowest BCUT2D eigenvalue weighted by molar-refractivity contribution is -0.125. The Morgan fingerprint density at radius 1 is 1.30 bits per heavy atom. The van der Waals surface area contributed by atoms with Crippen molar-refractivity contribution in [3.05, 3.63) is 36.0 Å². The van der Waals surface area contributed by atoms with Crippen molar-refractivity contribution in [2.24, 2.45) is 5.92 Å². The molecule has 0 bridgehead atoms. The number of pyridine rings is 1. The van der Waals surface area contributed by atoms with Crippen LogP contribution in [0, 0.1) is 5.92 Å². The van der Waals surface area contributed by atoms with Crippen molar-refractivity contribution >= 4 is 11.7 Å². The van der Waals surface area contributed by atoms with E-state index in [4.69, 9.17) is 0 Å². The fourth-order valence-electron chi connectivity index (χ4n) is 3.23. The summed E-state index contributed by atoms with van der Waals surface area (Å²) in [6.07, 6.45) is 8.96. The summed E-state index contributed by atoms with van der Waals surface area (Å²) in [6.45, 7) is 4.64. The van der Waals surface area contributed by atoms with E-state index in [0.717, 1.165) is 56.8 Å². The van der Waals surface area contributed by atoms with Gasteiger partial charge >= 0.3 is 0 Å². The lowest BCUT2D eigenvalue weighted by Crippen LogP contribution is -2.45. The van der Waals surface area contributed by atoms with Crippen LogP contribution in [0.25, 0.3) is 0 Å². The maximum Gasteiger partial charge on any atom is 0.223 e. The van der Waals surface area contributed by atoms with E-state index >= 15 is 0 Å². The fraction of sp³-hybridized carbons (Fsp3) is 0.556. The molecule has 5 heteroatoms. The standard InChI is InChI=1S/C18H26N4O/c1-21-10-12-22(13-11-21)17-16(8-5-9-19-17)14-20-18(23)15-6-3-2-4-7-15/h2-3,5,8-9,15H,4,6-7,10-14H2,1H3,(H,20,23)/t15-/m1/s1. The molecule has 124 valence electrons. The number of piperazine rings is 1. The number of carbonyl (C=O) groups is 1. The first-order valence-electron chi connectivity index (χ1n) is 8.54. The SMILES string of the molecule is CN1CCN(c2ncccc2CNC(=O)[C@@H]2CC=CCC2)CC1. The third kappa shape index (κ3) is 4.10. The number of allylic oxidation sites excluding steroid dienone is 2.